The number of anilines is 3. The normalized spacial score (nSPS) is 15.4. The van der Waals surface area contributed by atoms with Crippen molar-refractivity contribution in [2.75, 3.05) is 23.5 Å². The number of allylic oxidation sites excluding steroid dienone is 1. The Balaban J connectivity index is 1.80. The predicted molar refractivity (Wildman–Crippen MR) is 115 cm³/mol. The highest BCUT2D eigenvalue weighted by atomic mass is 32.1. The third-order valence-corrected chi connectivity index (χ3v) is 6.02. The van der Waals surface area contributed by atoms with Gasteiger partial charge < -0.3 is 25.6 Å². The zero-order valence-electron chi connectivity index (χ0n) is 16.6. The molecule has 0 radical (unpaired) electrons. The van der Waals surface area contributed by atoms with Crippen LogP contribution < -0.4 is 16.4 Å². The van der Waals surface area contributed by atoms with Gasteiger partial charge in [-0.3, -0.25) is 4.79 Å². The van der Waals surface area contributed by atoms with Crippen molar-refractivity contribution in [1.82, 2.24) is 5.16 Å². The molecule has 4 N–H and O–H groups in total. The van der Waals surface area contributed by atoms with Gasteiger partial charge in [0.05, 0.1) is 23.4 Å². The van der Waals surface area contributed by atoms with Crippen LogP contribution in [0.2, 0.25) is 0 Å². The molecule has 0 bridgehead atoms. The lowest BCUT2D eigenvalue weighted by Gasteiger charge is -2.28. The zero-order valence-corrected chi connectivity index (χ0v) is 17.4. The second-order valence-corrected chi connectivity index (χ2v) is 7.88. The monoisotopic (exact) mass is 424 g/mol. The zero-order chi connectivity index (χ0) is 21.4. The lowest BCUT2D eigenvalue weighted by atomic mass is 9.82. The van der Waals surface area contributed by atoms with E-state index in [4.69, 9.17) is 15.0 Å². The number of aromatic nitrogens is 1. The summed E-state index contributed by atoms with van der Waals surface area (Å²) in [5, 5.41) is 10.4. The Hall–Kier alpha value is -3.59. The number of nitrogens with zero attached hydrogens (tertiary/aromatic N) is 1. The predicted octanol–water partition coefficient (Wildman–Crippen LogP) is 3.88. The van der Waals surface area contributed by atoms with Gasteiger partial charge in [-0.1, -0.05) is 35.5 Å². The molecule has 1 unspecified atom stereocenters. The largest absolute Gasteiger partial charge is 0.466 e. The summed E-state index contributed by atoms with van der Waals surface area (Å²) in [7, 11) is 1.34. The van der Waals surface area contributed by atoms with E-state index in [1.165, 1.54) is 18.4 Å². The number of nitrogens with one attached hydrogen (secondary N) is 2. The lowest BCUT2D eigenvalue weighted by Crippen LogP contribution is -2.23. The minimum Gasteiger partial charge on any atom is -0.466 e. The smallest absolute Gasteiger partial charge is 0.336 e. The highest BCUT2D eigenvalue weighted by molar-refractivity contribution is 7.19. The topological polar surface area (TPSA) is 119 Å². The van der Waals surface area contributed by atoms with Gasteiger partial charge in [-0.05, 0) is 19.4 Å². The van der Waals surface area contributed by atoms with Gasteiger partial charge in [-0.15, -0.1) is 11.3 Å². The van der Waals surface area contributed by atoms with Crippen molar-refractivity contribution < 1.29 is 18.8 Å². The molecule has 1 amide bonds. The summed E-state index contributed by atoms with van der Waals surface area (Å²) in [6.07, 6.45) is 0. The molecule has 2 aromatic heterocycles. The number of ether oxygens (including phenoxy) is 1. The lowest BCUT2D eigenvalue weighted by molar-refractivity contribution is -0.136. The van der Waals surface area contributed by atoms with E-state index in [0.29, 0.717) is 44.0 Å². The number of aryl methyl sites for hydroxylation is 1. The molecule has 3 aromatic rings. The fourth-order valence-electron chi connectivity index (χ4n) is 3.56. The Labute approximate surface area is 176 Å². The van der Waals surface area contributed by atoms with E-state index < -0.39 is 17.8 Å². The second-order valence-electron chi connectivity index (χ2n) is 6.86. The summed E-state index contributed by atoms with van der Waals surface area (Å²) in [5.41, 5.74) is 9.43. The van der Waals surface area contributed by atoms with Gasteiger partial charge in [-0.2, -0.15) is 0 Å². The van der Waals surface area contributed by atoms with Crippen LogP contribution in [0.1, 0.15) is 39.4 Å². The number of methoxy groups -OCH3 is 1. The molecule has 0 fully saturated rings. The second kappa shape index (κ2) is 7.68. The molecule has 0 spiro atoms. The van der Waals surface area contributed by atoms with Crippen LogP contribution in [0.3, 0.4) is 0 Å². The van der Waals surface area contributed by atoms with Crippen molar-refractivity contribution in [3.63, 3.8) is 0 Å². The highest BCUT2D eigenvalue weighted by Gasteiger charge is 2.37. The molecule has 1 aromatic carbocycles. The van der Waals surface area contributed by atoms with Crippen molar-refractivity contribution in [3.05, 3.63) is 69.4 Å². The minimum atomic E-state index is -0.456. The van der Waals surface area contributed by atoms with Crippen molar-refractivity contribution in [2.45, 2.75) is 19.8 Å². The maximum absolute atomic E-state index is 12.9. The van der Waals surface area contributed by atoms with Crippen molar-refractivity contribution in [3.8, 4) is 0 Å². The Morgan fingerprint density at radius 1 is 1.27 bits per heavy atom. The SMILES string of the molecule is COC(=O)C1=C(C)Nc2sc(C(=O)Nc3cc(C)on3)c(N)c2C1c1ccccc1. The summed E-state index contributed by atoms with van der Waals surface area (Å²) in [6.45, 7) is 3.54. The number of hydrogen-bond acceptors (Lipinski definition) is 8. The number of carbonyl (C=O) groups is 2. The number of thiophene rings is 1. The molecule has 0 saturated carbocycles. The Bertz CT molecular complexity index is 1160. The first-order chi connectivity index (χ1) is 14.4. The number of amides is 1. The molecule has 0 saturated heterocycles. The number of rotatable bonds is 4. The minimum absolute atomic E-state index is 0.306. The first kappa shape index (κ1) is 19.7. The molecule has 1 atom stereocenters. The van der Waals surface area contributed by atoms with Crippen LogP contribution in [-0.4, -0.2) is 24.1 Å². The maximum Gasteiger partial charge on any atom is 0.336 e. The fraction of sp³-hybridized carbons (Fsp3) is 0.190. The number of nitrogen functional groups attached to an aromatic ring is 1. The van der Waals surface area contributed by atoms with Gasteiger partial charge in [0.25, 0.3) is 5.91 Å². The fourth-order valence-corrected chi connectivity index (χ4v) is 4.67. The van der Waals surface area contributed by atoms with Crippen LogP contribution in [0.5, 0.6) is 0 Å². The van der Waals surface area contributed by atoms with Crippen LogP contribution in [-0.2, 0) is 9.53 Å². The average molecular weight is 424 g/mol. The molecular formula is C21H20N4O4S. The van der Waals surface area contributed by atoms with Gasteiger partial charge in [0.1, 0.15) is 10.6 Å². The van der Waals surface area contributed by atoms with Crippen molar-refractivity contribution in [1.29, 1.82) is 0 Å². The number of esters is 1. The van der Waals surface area contributed by atoms with E-state index in [1.54, 1.807) is 19.9 Å². The highest BCUT2D eigenvalue weighted by Crippen LogP contribution is 2.50. The van der Waals surface area contributed by atoms with Crippen LogP contribution in [0.15, 0.2) is 52.2 Å². The average Bonchev–Trinajstić information content (AvgIpc) is 3.29. The molecule has 0 aliphatic carbocycles. The van der Waals surface area contributed by atoms with Gasteiger partial charge in [0.15, 0.2) is 5.82 Å². The van der Waals surface area contributed by atoms with Crippen LogP contribution in [0.25, 0.3) is 0 Å². The van der Waals surface area contributed by atoms with Crippen molar-refractivity contribution in [2.24, 2.45) is 0 Å². The van der Waals surface area contributed by atoms with Crippen LogP contribution in [0, 0.1) is 6.92 Å². The maximum atomic E-state index is 12.9. The summed E-state index contributed by atoms with van der Waals surface area (Å²) in [4.78, 5) is 25.8. The molecule has 1 aliphatic rings. The molecular weight excluding hydrogens is 404 g/mol. The number of fused-ring (bicyclic) bond motifs is 1. The summed E-state index contributed by atoms with van der Waals surface area (Å²) in [5.74, 6) is -0.417. The Morgan fingerprint density at radius 3 is 2.63 bits per heavy atom. The molecule has 30 heavy (non-hydrogen) atoms. The van der Waals surface area contributed by atoms with Crippen LogP contribution in [0.4, 0.5) is 16.5 Å². The Kier molecular flexibility index (Phi) is 5.04. The number of carbonyl (C=O) groups excluding carboxylic acids is 2. The summed E-state index contributed by atoms with van der Waals surface area (Å²) >= 11 is 1.23. The van der Waals surface area contributed by atoms with Gasteiger partial charge in [0, 0.05) is 23.2 Å². The van der Waals surface area contributed by atoms with E-state index in [1.807, 2.05) is 30.3 Å². The number of nitrogens with two attached hydrogens (primary N) is 1. The number of hydrogen-bond donors (Lipinski definition) is 3. The molecule has 8 nitrogen and oxygen atoms in total. The first-order valence-electron chi connectivity index (χ1n) is 9.18. The third kappa shape index (κ3) is 3.33. The van der Waals surface area contributed by atoms with Crippen molar-refractivity contribution >= 4 is 39.7 Å². The van der Waals surface area contributed by atoms with E-state index in [9.17, 15) is 9.59 Å². The van der Waals surface area contributed by atoms with E-state index in [2.05, 4.69) is 15.8 Å². The molecule has 1 aliphatic heterocycles. The first-order valence-corrected chi connectivity index (χ1v) is 10.00. The Morgan fingerprint density at radius 2 is 2.00 bits per heavy atom. The summed E-state index contributed by atoms with van der Waals surface area (Å²) in [6, 6.07) is 11.1. The standard InChI is InChI=1S/C21H20N4O4S/c1-10-9-13(25-29-10)24-19(26)18-17(22)16-15(12-7-5-4-6-8-12)14(21(27)28-3)11(2)23-20(16)30-18/h4-9,15,23H,22H2,1-3H3,(H,24,25,26). The van der Waals surface area contributed by atoms with Gasteiger partial charge in [-0.25, -0.2) is 4.79 Å². The third-order valence-electron chi connectivity index (χ3n) is 4.88. The summed E-state index contributed by atoms with van der Waals surface area (Å²) < 4.78 is 10.0. The van der Waals surface area contributed by atoms with E-state index in [0.717, 1.165) is 5.56 Å². The van der Waals surface area contributed by atoms with Gasteiger partial charge in [0.2, 0.25) is 0 Å². The molecule has 4 rings (SSSR count). The molecule has 9 heteroatoms. The van der Waals surface area contributed by atoms with E-state index >= 15 is 0 Å². The quantitative estimate of drug-likeness (QED) is 0.544. The number of benzene rings is 1. The molecule has 154 valence electrons. The molecule has 3 heterocycles. The van der Waals surface area contributed by atoms with Crippen LogP contribution >= 0.6 is 11.3 Å². The van der Waals surface area contributed by atoms with E-state index in [-0.39, 0.29) is 0 Å². The van der Waals surface area contributed by atoms with Gasteiger partial charge >= 0.3 is 5.97 Å².